The minimum atomic E-state index is -3.81. The molecule has 2 aromatic rings. The molecule has 0 radical (unpaired) electrons. The van der Waals surface area contributed by atoms with Crippen LogP contribution in [0.4, 0.5) is 10.1 Å². The zero-order valence-corrected chi connectivity index (χ0v) is 12.5. The molecule has 6 heteroatoms. The van der Waals surface area contributed by atoms with Crippen molar-refractivity contribution in [2.24, 2.45) is 0 Å². The van der Waals surface area contributed by atoms with Crippen molar-refractivity contribution in [3.05, 3.63) is 59.9 Å². The fourth-order valence-electron chi connectivity index (χ4n) is 1.90. The monoisotopic (exact) mass is 309 g/mol. The van der Waals surface area contributed by atoms with Crippen LogP contribution >= 0.6 is 0 Å². The van der Waals surface area contributed by atoms with Gasteiger partial charge in [-0.25, -0.2) is 12.8 Å². The molecule has 1 unspecified atom stereocenters. The standard InChI is InChI=1S/C15H16FNO3S/c1-11(18)12-5-3-8-15(9-12)21(19,20)17(2)14-7-4-6-13(16)10-14/h3-11,18H,1-2H3. The zero-order chi connectivity index (χ0) is 15.6. The maximum atomic E-state index is 13.2. The fourth-order valence-corrected chi connectivity index (χ4v) is 3.15. The van der Waals surface area contributed by atoms with Gasteiger partial charge < -0.3 is 5.11 Å². The van der Waals surface area contributed by atoms with Gasteiger partial charge in [-0.1, -0.05) is 18.2 Å². The van der Waals surface area contributed by atoms with Crippen molar-refractivity contribution in [3.63, 3.8) is 0 Å². The van der Waals surface area contributed by atoms with Crippen LogP contribution in [0.1, 0.15) is 18.6 Å². The third-order valence-electron chi connectivity index (χ3n) is 3.17. The first-order valence-corrected chi connectivity index (χ1v) is 7.79. The summed E-state index contributed by atoms with van der Waals surface area (Å²) in [5, 5.41) is 9.55. The number of hydrogen-bond donors (Lipinski definition) is 1. The van der Waals surface area contributed by atoms with E-state index < -0.39 is 21.9 Å². The number of aliphatic hydroxyl groups excluding tert-OH is 1. The first kappa shape index (κ1) is 15.5. The van der Waals surface area contributed by atoms with E-state index >= 15 is 0 Å². The van der Waals surface area contributed by atoms with E-state index in [-0.39, 0.29) is 10.6 Å². The zero-order valence-electron chi connectivity index (χ0n) is 11.7. The van der Waals surface area contributed by atoms with Crippen LogP contribution in [0.15, 0.2) is 53.4 Å². The van der Waals surface area contributed by atoms with Crippen molar-refractivity contribution in [2.45, 2.75) is 17.9 Å². The van der Waals surface area contributed by atoms with Crippen LogP contribution in [-0.4, -0.2) is 20.6 Å². The average molecular weight is 309 g/mol. The van der Waals surface area contributed by atoms with Gasteiger partial charge in [0, 0.05) is 7.05 Å². The van der Waals surface area contributed by atoms with Crippen LogP contribution in [0.3, 0.4) is 0 Å². The average Bonchev–Trinajstić information content (AvgIpc) is 2.46. The Morgan fingerprint density at radius 1 is 1.14 bits per heavy atom. The fraction of sp³-hybridized carbons (Fsp3) is 0.200. The normalized spacial score (nSPS) is 13.0. The summed E-state index contributed by atoms with van der Waals surface area (Å²) in [7, 11) is -2.45. The lowest BCUT2D eigenvalue weighted by molar-refractivity contribution is 0.199. The molecule has 2 rings (SSSR count). The van der Waals surface area contributed by atoms with Crippen molar-refractivity contribution >= 4 is 15.7 Å². The van der Waals surface area contributed by atoms with Gasteiger partial charge in [-0.15, -0.1) is 0 Å². The molecular formula is C15H16FNO3S. The summed E-state index contributed by atoms with van der Waals surface area (Å²) < 4.78 is 39.3. The first-order valence-electron chi connectivity index (χ1n) is 6.35. The maximum Gasteiger partial charge on any atom is 0.264 e. The highest BCUT2D eigenvalue weighted by Gasteiger charge is 2.22. The van der Waals surface area contributed by atoms with Crippen molar-refractivity contribution in [2.75, 3.05) is 11.4 Å². The lowest BCUT2D eigenvalue weighted by Gasteiger charge is -2.20. The van der Waals surface area contributed by atoms with Crippen LogP contribution in [0.5, 0.6) is 0 Å². The van der Waals surface area contributed by atoms with E-state index in [4.69, 9.17) is 0 Å². The van der Waals surface area contributed by atoms with E-state index in [1.54, 1.807) is 19.1 Å². The second-order valence-electron chi connectivity index (χ2n) is 4.70. The molecule has 2 aromatic carbocycles. The highest BCUT2D eigenvalue weighted by atomic mass is 32.2. The largest absolute Gasteiger partial charge is 0.389 e. The van der Waals surface area contributed by atoms with Gasteiger partial charge in [0.2, 0.25) is 0 Å². The highest BCUT2D eigenvalue weighted by molar-refractivity contribution is 7.92. The number of rotatable bonds is 4. The number of halogens is 1. The van der Waals surface area contributed by atoms with Crippen molar-refractivity contribution in [1.29, 1.82) is 0 Å². The Labute approximate surface area is 123 Å². The van der Waals surface area contributed by atoms with Gasteiger partial charge in [0.25, 0.3) is 10.0 Å². The summed E-state index contributed by atoms with van der Waals surface area (Å²) in [6.07, 6.45) is -0.764. The molecule has 0 aliphatic carbocycles. The van der Waals surface area contributed by atoms with Crippen molar-refractivity contribution in [1.82, 2.24) is 0 Å². The summed E-state index contributed by atoms with van der Waals surface area (Å²) in [5.74, 6) is -0.507. The Balaban J connectivity index is 2.44. The van der Waals surface area contributed by atoms with E-state index in [2.05, 4.69) is 0 Å². The van der Waals surface area contributed by atoms with Crippen LogP contribution in [0.2, 0.25) is 0 Å². The number of benzene rings is 2. The second-order valence-corrected chi connectivity index (χ2v) is 6.67. The summed E-state index contributed by atoms with van der Waals surface area (Å²) in [6.45, 7) is 1.56. The predicted molar refractivity (Wildman–Crippen MR) is 79.1 cm³/mol. The highest BCUT2D eigenvalue weighted by Crippen LogP contribution is 2.24. The molecule has 0 spiro atoms. The van der Waals surface area contributed by atoms with Gasteiger partial charge in [0.15, 0.2) is 0 Å². The molecule has 0 aliphatic rings. The smallest absolute Gasteiger partial charge is 0.264 e. The van der Waals surface area contributed by atoms with E-state index in [9.17, 15) is 17.9 Å². The van der Waals surface area contributed by atoms with Crippen LogP contribution in [0.25, 0.3) is 0 Å². The Kier molecular flexibility index (Phi) is 4.29. The summed E-state index contributed by atoms with van der Waals surface area (Å²) in [4.78, 5) is 0.0488. The van der Waals surface area contributed by atoms with Gasteiger partial charge in [0.1, 0.15) is 5.82 Å². The molecule has 0 saturated carbocycles. The molecule has 0 heterocycles. The second kappa shape index (κ2) is 5.83. The number of sulfonamides is 1. The molecule has 1 N–H and O–H groups in total. The molecule has 0 fully saturated rings. The molecule has 1 atom stereocenters. The maximum absolute atomic E-state index is 13.2. The van der Waals surface area contributed by atoms with Gasteiger partial charge in [-0.2, -0.15) is 0 Å². The SMILES string of the molecule is CC(O)c1cccc(S(=O)(=O)N(C)c2cccc(F)c2)c1. The lowest BCUT2D eigenvalue weighted by atomic mass is 10.1. The van der Waals surface area contributed by atoms with Crippen LogP contribution in [0, 0.1) is 5.82 Å². The Bertz CT molecular complexity index is 744. The summed E-state index contributed by atoms with van der Waals surface area (Å²) in [6, 6.07) is 11.4. The molecule has 112 valence electrons. The predicted octanol–water partition coefficient (Wildman–Crippen LogP) is 2.70. The first-order chi connectivity index (χ1) is 9.82. The van der Waals surface area contributed by atoms with Gasteiger partial charge in [-0.05, 0) is 42.8 Å². The molecule has 0 aromatic heterocycles. The van der Waals surface area contributed by atoms with Gasteiger partial charge >= 0.3 is 0 Å². The van der Waals surface area contributed by atoms with Gasteiger partial charge in [0.05, 0.1) is 16.7 Å². The number of nitrogens with zero attached hydrogens (tertiary/aromatic N) is 1. The molecule has 0 amide bonds. The Morgan fingerprint density at radius 3 is 2.43 bits per heavy atom. The van der Waals surface area contributed by atoms with Crippen molar-refractivity contribution in [3.8, 4) is 0 Å². The Morgan fingerprint density at radius 2 is 1.81 bits per heavy atom. The van der Waals surface area contributed by atoms with E-state index in [0.29, 0.717) is 5.56 Å². The van der Waals surface area contributed by atoms with E-state index in [1.807, 2.05) is 0 Å². The van der Waals surface area contributed by atoms with Gasteiger partial charge in [-0.3, -0.25) is 4.31 Å². The third kappa shape index (κ3) is 3.22. The van der Waals surface area contributed by atoms with E-state index in [0.717, 1.165) is 10.4 Å². The topological polar surface area (TPSA) is 57.6 Å². The molecule has 21 heavy (non-hydrogen) atoms. The van der Waals surface area contributed by atoms with E-state index in [1.165, 1.54) is 37.4 Å². The number of hydrogen-bond acceptors (Lipinski definition) is 3. The minimum Gasteiger partial charge on any atom is -0.389 e. The van der Waals surface area contributed by atoms with Crippen molar-refractivity contribution < 1.29 is 17.9 Å². The quantitative estimate of drug-likeness (QED) is 0.944. The third-order valence-corrected chi connectivity index (χ3v) is 4.95. The lowest BCUT2D eigenvalue weighted by Crippen LogP contribution is -2.26. The molecule has 0 saturated heterocycles. The Hall–Kier alpha value is -1.92. The summed E-state index contributed by atoms with van der Waals surface area (Å²) >= 11 is 0. The van der Waals surface area contributed by atoms with Crippen LogP contribution in [-0.2, 0) is 10.0 Å². The molecule has 4 nitrogen and oxygen atoms in total. The number of anilines is 1. The number of aliphatic hydroxyl groups is 1. The minimum absolute atomic E-state index is 0.0488. The molecule has 0 bridgehead atoms. The molecule has 0 aliphatic heterocycles. The molecular weight excluding hydrogens is 293 g/mol. The van der Waals surface area contributed by atoms with Crippen LogP contribution < -0.4 is 4.31 Å². The summed E-state index contributed by atoms with van der Waals surface area (Å²) in [5.41, 5.74) is 0.737.